The van der Waals surface area contributed by atoms with E-state index < -0.39 is 15.1 Å². The van der Waals surface area contributed by atoms with Gasteiger partial charge in [0.15, 0.2) is 9.84 Å². The van der Waals surface area contributed by atoms with Gasteiger partial charge in [-0.05, 0) is 49.8 Å². The topological polar surface area (TPSA) is 60.2 Å². The summed E-state index contributed by atoms with van der Waals surface area (Å²) in [4.78, 5) is 0.421. The Bertz CT molecular complexity index is 539. The fraction of sp³-hybridized carbons (Fsp3) is 0.600. The molecule has 1 fully saturated rings. The first kappa shape index (κ1) is 14.5. The predicted octanol–water partition coefficient (Wildman–Crippen LogP) is 2.67. The molecular weight excluding hydrogens is 258 g/mol. The molecule has 3 unspecified atom stereocenters. The van der Waals surface area contributed by atoms with Crippen LogP contribution in [0, 0.1) is 12.8 Å². The molecule has 3 atom stereocenters. The Morgan fingerprint density at radius 1 is 1.32 bits per heavy atom. The molecule has 0 heterocycles. The fourth-order valence-corrected chi connectivity index (χ4v) is 5.02. The van der Waals surface area contributed by atoms with E-state index in [0.29, 0.717) is 17.2 Å². The monoisotopic (exact) mass is 281 g/mol. The van der Waals surface area contributed by atoms with Crippen LogP contribution in [-0.2, 0) is 9.84 Å². The zero-order valence-electron chi connectivity index (χ0n) is 11.7. The van der Waals surface area contributed by atoms with E-state index in [9.17, 15) is 8.42 Å². The van der Waals surface area contributed by atoms with Crippen LogP contribution in [0.25, 0.3) is 0 Å². The zero-order valence-corrected chi connectivity index (χ0v) is 12.5. The Labute approximate surface area is 116 Å². The van der Waals surface area contributed by atoms with Crippen molar-refractivity contribution in [1.29, 1.82) is 0 Å². The molecule has 0 spiro atoms. The van der Waals surface area contributed by atoms with Crippen molar-refractivity contribution in [3.05, 3.63) is 29.8 Å². The molecule has 0 saturated heterocycles. The zero-order chi connectivity index (χ0) is 14.0. The molecule has 1 aromatic rings. The van der Waals surface area contributed by atoms with Gasteiger partial charge in [-0.15, -0.1) is 0 Å². The highest BCUT2D eigenvalue weighted by molar-refractivity contribution is 7.92. The second kappa shape index (κ2) is 5.63. The largest absolute Gasteiger partial charge is 0.327 e. The highest BCUT2D eigenvalue weighted by Crippen LogP contribution is 2.33. The van der Waals surface area contributed by atoms with E-state index in [2.05, 4.69) is 6.92 Å². The van der Waals surface area contributed by atoms with Crippen LogP contribution in [-0.4, -0.2) is 19.7 Å². The third-order valence-electron chi connectivity index (χ3n) is 4.25. The summed E-state index contributed by atoms with van der Waals surface area (Å²) >= 11 is 0. The minimum absolute atomic E-state index is 0.228. The van der Waals surface area contributed by atoms with E-state index in [4.69, 9.17) is 5.73 Å². The third-order valence-corrected chi connectivity index (χ3v) is 6.50. The van der Waals surface area contributed by atoms with Crippen LogP contribution in [0.5, 0.6) is 0 Å². The van der Waals surface area contributed by atoms with Crippen LogP contribution >= 0.6 is 0 Å². The number of hydrogen-bond donors (Lipinski definition) is 1. The number of aryl methyl sites for hydroxylation is 1. The Hall–Kier alpha value is -0.870. The summed E-state index contributed by atoms with van der Waals surface area (Å²) in [6.07, 6.45) is 3.60. The summed E-state index contributed by atoms with van der Waals surface area (Å²) in [7, 11) is -3.30. The molecule has 0 aliphatic heterocycles. The first-order valence-corrected chi connectivity index (χ1v) is 8.56. The van der Waals surface area contributed by atoms with Gasteiger partial charge in [-0.25, -0.2) is 8.42 Å². The molecule has 3 nitrogen and oxygen atoms in total. The van der Waals surface area contributed by atoms with Gasteiger partial charge in [-0.2, -0.15) is 0 Å². The highest BCUT2D eigenvalue weighted by Gasteiger charge is 2.37. The van der Waals surface area contributed by atoms with E-state index in [-0.39, 0.29) is 6.04 Å². The number of nitrogens with two attached hydrogens (primary N) is 1. The molecule has 4 heteroatoms. The van der Waals surface area contributed by atoms with Crippen molar-refractivity contribution in [2.24, 2.45) is 11.7 Å². The lowest BCUT2D eigenvalue weighted by molar-refractivity contribution is 0.319. The van der Waals surface area contributed by atoms with E-state index in [0.717, 1.165) is 24.8 Å². The summed E-state index contributed by atoms with van der Waals surface area (Å²) in [5, 5.41) is -0.423. The first-order chi connectivity index (χ1) is 8.95. The number of hydrogen-bond acceptors (Lipinski definition) is 3. The summed E-state index contributed by atoms with van der Waals surface area (Å²) in [6, 6.07) is 6.92. The van der Waals surface area contributed by atoms with Gasteiger partial charge in [0, 0.05) is 6.04 Å². The molecule has 0 bridgehead atoms. The fourth-order valence-electron chi connectivity index (χ4n) is 2.93. The third kappa shape index (κ3) is 3.00. The maximum atomic E-state index is 12.7. The number of rotatable bonds is 3. The average molecular weight is 281 g/mol. The maximum absolute atomic E-state index is 12.7. The lowest BCUT2D eigenvalue weighted by Gasteiger charge is -2.33. The first-order valence-electron chi connectivity index (χ1n) is 7.01. The Balaban J connectivity index is 2.32. The van der Waals surface area contributed by atoms with Gasteiger partial charge >= 0.3 is 0 Å². The highest BCUT2D eigenvalue weighted by atomic mass is 32.2. The summed E-state index contributed by atoms with van der Waals surface area (Å²) < 4.78 is 25.5. The van der Waals surface area contributed by atoms with Gasteiger partial charge in [0.1, 0.15) is 0 Å². The van der Waals surface area contributed by atoms with Crippen molar-refractivity contribution >= 4 is 9.84 Å². The number of benzene rings is 1. The molecule has 0 aromatic heterocycles. The Morgan fingerprint density at radius 2 is 2.05 bits per heavy atom. The van der Waals surface area contributed by atoms with Gasteiger partial charge < -0.3 is 5.73 Å². The van der Waals surface area contributed by atoms with Crippen LogP contribution in [0.15, 0.2) is 29.2 Å². The standard InChI is InChI=1S/C15H23NO2S/c1-3-12-7-8-14(16)15(10-12)19(17,18)13-6-4-5-11(2)9-13/h4-6,9,12,14-15H,3,7-8,10,16H2,1-2H3. The number of sulfone groups is 1. The smallest absolute Gasteiger partial charge is 0.182 e. The lowest BCUT2D eigenvalue weighted by atomic mass is 9.84. The Morgan fingerprint density at radius 3 is 2.68 bits per heavy atom. The minimum Gasteiger partial charge on any atom is -0.327 e. The van der Waals surface area contributed by atoms with Crippen molar-refractivity contribution in [3.8, 4) is 0 Å². The van der Waals surface area contributed by atoms with E-state index in [1.807, 2.05) is 13.0 Å². The molecule has 0 radical (unpaired) electrons. The summed E-state index contributed by atoms with van der Waals surface area (Å²) in [5.74, 6) is 0.490. The van der Waals surface area contributed by atoms with Crippen molar-refractivity contribution in [3.63, 3.8) is 0 Å². The van der Waals surface area contributed by atoms with Gasteiger partial charge in [-0.1, -0.05) is 25.5 Å². The quantitative estimate of drug-likeness (QED) is 0.926. The van der Waals surface area contributed by atoms with E-state index >= 15 is 0 Å². The van der Waals surface area contributed by atoms with Crippen LogP contribution in [0.3, 0.4) is 0 Å². The average Bonchev–Trinajstić information content (AvgIpc) is 2.39. The van der Waals surface area contributed by atoms with Gasteiger partial charge in [-0.3, -0.25) is 0 Å². The van der Waals surface area contributed by atoms with Crippen molar-refractivity contribution in [2.75, 3.05) is 0 Å². The minimum atomic E-state index is -3.30. The molecule has 1 aromatic carbocycles. The summed E-state index contributed by atoms with van der Waals surface area (Å²) in [5.41, 5.74) is 7.05. The normalized spacial score (nSPS) is 28.3. The molecule has 2 rings (SSSR count). The SMILES string of the molecule is CCC1CCC(N)C(S(=O)(=O)c2cccc(C)c2)C1. The Kier molecular flexibility index (Phi) is 4.31. The van der Waals surface area contributed by atoms with Gasteiger partial charge in [0.2, 0.25) is 0 Å². The van der Waals surface area contributed by atoms with E-state index in [1.54, 1.807) is 18.2 Å². The van der Waals surface area contributed by atoms with E-state index in [1.165, 1.54) is 0 Å². The van der Waals surface area contributed by atoms with Crippen LogP contribution in [0.4, 0.5) is 0 Å². The molecule has 0 amide bonds. The van der Waals surface area contributed by atoms with Crippen LogP contribution in [0.2, 0.25) is 0 Å². The second-order valence-corrected chi connectivity index (χ2v) is 7.82. The lowest BCUT2D eigenvalue weighted by Crippen LogP contribution is -2.45. The van der Waals surface area contributed by atoms with Crippen LogP contribution < -0.4 is 5.73 Å². The molecular formula is C15H23NO2S. The van der Waals surface area contributed by atoms with Crippen molar-refractivity contribution < 1.29 is 8.42 Å². The second-order valence-electron chi connectivity index (χ2n) is 5.65. The van der Waals surface area contributed by atoms with Crippen molar-refractivity contribution in [2.45, 2.75) is 55.7 Å². The summed E-state index contributed by atoms with van der Waals surface area (Å²) in [6.45, 7) is 4.03. The molecule has 1 aliphatic rings. The maximum Gasteiger partial charge on any atom is 0.182 e. The molecule has 2 N–H and O–H groups in total. The molecule has 1 aliphatic carbocycles. The van der Waals surface area contributed by atoms with Crippen molar-refractivity contribution in [1.82, 2.24) is 0 Å². The van der Waals surface area contributed by atoms with Gasteiger partial charge in [0.25, 0.3) is 0 Å². The molecule has 106 valence electrons. The van der Waals surface area contributed by atoms with Gasteiger partial charge in [0.05, 0.1) is 10.1 Å². The molecule has 19 heavy (non-hydrogen) atoms. The predicted molar refractivity (Wildman–Crippen MR) is 77.8 cm³/mol. The molecule has 1 saturated carbocycles. The van der Waals surface area contributed by atoms with Crippen LogP contribution in [0.1, 0.15) is 38.2 Å².